The average molecular weight is 340 g/mol. The monoisotopic (exact) mass is 339 g/mol. The van der Waals surface area contributed by atoms with Crippen LogP contribution >= 0.6 is 15.9 Å². The van der Waals surface area contributed by atoms with E-state index < -0.39 is 0 Å². The highest BCUT2D eigenvalue weighted by atomic mass is 79.9. The Morgan fingerprint density at radius 1 is 1.55 bits per heavy atom. The number of likely N-dealkylation sites (tertiary alicyclic amines) is 1. The van der Waals surface area contributed by atoms with Crippen LogP contribution in [0.1, 0.15) is 24.1 Å². The van der Waals surface area contributed by atoms with Crippen LogP contribution in [0.15, 0.2) is 10.7 Å². The highest BCUT2D eigenvalue weighted by Gasteiger charge is 2.55. The summed E-state index contributed by atoms with van der Waals surface area (Å²) in [4.78, 5) is 18.2. The molecule has 1 saturated heterocycles. The van der Waals surface area contributed by atoms with E-state index in [1.54, 1.807) is 11.1 Å². The second-order valence-corrected chi connectivity index (χ2v) is 6.68. The van der Waals surface area contributed by atoms with Gasteiger partial charge in [-0.15, -0.1) is 0 Å². The maximum absolute atomic E-state index is 12.3. The van der Waals surface area contributed by atoms with Crippen molar-refractivity contribution in [2.24, 2.45) is 5.41 Å². The van der Waals surface area contributed by atoms with Crippen LogP contribution in [0.5, 0.6) is 0 Å². The van der Waals surface area contributed by atoms with Crippen molar-refractivity contribution in [2.45, 2.75) is 32.8 Å². The van der Waals surface area contributed by atoms with Gasteiger partial charge in [0.1, 0.15) is 0 Å². The summed E-state index contributed by atoms with van der Waals surface area (Å²) in [6.07, 6.45) is 3.34. The molecule has 0 aromatic carbocycles. The van der Waals surface area contributed by atoms with Crippen LogP contribution in [0.4, 0.5) is 10.5 Å². The van der Waals surface area contributed by atoms with E-state index in [9.17, 15) is 9.90 Å². The van der Waals surface area contributed by atoms with E-state index in [1.165, 1.54) is 0 Å². The van der Waals surface area contributed by atoms with Gasteiger partial charge < -0.3 is 15.3 Å². The minimum Gasteiger partial charge on any atom is -0.391 e. The van der Waals surface area contributed by atoms with E-state index in [0.29, 0.717) is 18.8 Å². The number of halogens is 1. The Bertz CT molecular complexity index is 572. The van der Waals surface area contributed by atoms with E-state index >= 15 is 0 Å². The first kappa shape index (κ1) is 13.8. The Hall–Kier alpha value is -1.14. The third-order valence-corrected chi connectivity index (χ3v) is 5.63. The fourth-order valence-corrected chi connectivity index (χ4v) is 3.10. The molecule has 20 heavy (non-hydrogen) atoms. The number of nitrogens with zero attached hydrogens (tertiary/aromatic N) is 2. The zero-order valence-corrected chi connectivity index (χ0v) is 13.2. The summed E-state index contributed by atoms with van der Waals surface area (Å²) in [7, 11) is 0. The predicted molar refractivity (Wildman–Crippen MR) is 79.7 cm³/mol. The van der Waals surface area contributed by atoms with Crippen molar-refractivity contribution in [3.8, 4) is 0 Å². The van der Waals surface area contributed by atoms with E-state index in [0.717, 1.165) is 28.6 Å². The number of β-amino-alcohol motifs (C(OH)–C–C–N with tert-alkyl or cyclic N) is 1. The zero-order chi connectivity index (χ0) is 14.5. The molecule has 0 radical (unpaired) electrons. The Morgan fingerprint density at radius 2 is 2.25 bits per heavy atom. The number of urea groups is 1. The number of hydrogen-bond acceptors (Lipinski definition) is 3. The van der Waals surface area contributed by atoms with Gasteiger partial charge in [-0.3, -0.25) is 4.98 Å². The van der Waals surface area contributed by atoms with Crippen molar-refractivity contribution in [2.75, 3.05) is 18.4 Å². The maximum Gasteiger partial charge on any atom is 0.322 e. The number of aryl methyl sites for hydroxylation is 1. The van der Waals surface area contributed by atoms with Gasteiger partial charge in [-0.1, -0.05) is 0 Å². The van der Waals surface area contributed by atoms with E-state index in [4.69, 9.17) is 0 Å². The standard InChI is InChI=1S/C14H18BrN3O2/c1-8-10(5-16-9(2)12(8)15)17-13(20)18-6-11(19)14(7-18)3-4-14/h5,11,19H,3-4,6-7H2,1-2H3,(H,17,20). The van der Waals surface area contributed by atoms with E-state index in [1.807, 2.05) is 13.8 Å². The lowest BCUT2D eigenvalue weighted by Crippen LogP contribution is -2.34. The largest absolute Gasteiger partial charge is 0.391 e. The van der Waals surface area contributed by atoms with Gasteiger partial charge >= 0.3 is 6.03 Å². The lowest BCUT2D eigenvalue weighted by atomic mass is 10.0. The normalized spacial score (nSPS) is 23.2. The molecule has 1 aromatic heterocycles. The molecule has 1 aliphatic carbocycles. The molecule has 5 nitrogen and oxygen atoms in total. The summed E-state index contributed by atoms with van der Waals surface area (Å²) in [5.74, 6) is 0. The van der Waals surface area contributed by atoms with E-state index in [-0.39, 0.29) is 17.6 Å². The first-order chi connectivity index (χ1) is 9.43. The molecule has 2 fully saturated rings. The minimum absolute atomic E-state index is 0.0154. The number of hydrogen-bond donors (Lipinski definition) is 2. The number of carbonyl (C=O) groups is 1. The topological polar surface area (TPSA) is 65.5 Å². The number of aliphatic hydroxyl groups is 1. The van der Waals surface area contributed by atoms with Crippen molar-refractivity contribution < 1.29 is 9.90 Å². The average Bonchev–Trinajstić information content (AvgIpc) is 3.11. The zero-order valence-electron chi connectivity index (χ0n) is 11.6. The molecule has 1 aromatic rings. The predicted octanol–water partition coefficient (Wildman–Crippen LogP) is 2.45. The molecule has 1 saturated carbocycles. The first-order valence-corrected chi connectivity index (χ1v) is 7.58. The Balaban J connectivity index is 1.72. The van der Waals surface area contributed by atoms with Gasteiger partial charge in [-0.2, -0.15) is 0 Å². The van der Waals surface area contributed by atoms with Crippen LogP contribution < -0.4 is 5.32 Å². The molecule has 2 aliphatic rings. The summed E-state index contributed by atoms with van der Waals surface area (Å²) >= 11 is 3.47. The lowest BCUT2D eigenvalue weighted by molar-refractivity contribution is 0.132. The maximum atomic E-state index is 12.3. The van der Waals surface area contributed by atoms with Crippen LogP contribution in [-0.4, -0.2) is 40.2 Å². The lowest BCUT2D eigenvalue weighted by Gasteiger charge is -2.18. The second-order valence-electron chi connectivity index (χ2n) is 5.89. The Kier molecular flexibility index (Phi) is 3.25. The van der Waals surface area contributed by atoms with Crippen molar-refractivity contribution in [1.29, 1.82) is 0 Å². The number of rotatable bonds is 1. The van der Waals surface area contributed by atoms with Gasteiger partial charge in [0.2, 0.25) is 0 Å². The van der Waals surface area contributed by atoms with E-state index in [2.05, 4.69) is 26.2 Å². The molecule has 2 heterocycles. The molecular weight excluding hydrogens is 322 g/mol. The van der Waals surface area contributed by atoms with Crippen molar-refractivity contribution in [3.05, 3.63) is 21.9 Å². The highest BCUT2D eigenvalue weighted by molar-refractivity contribution is 9.10. The quantitative estimate of drug-likeness (QED) is 0.825. The SMILES string of the molecule is Cc1ncc(NC(=O)N2CC(O)C3(CC3)C2)c(C)c1Br. The molecule has 0 bridgehead atoms. The molecule has 6 heteroatoms. The van der Waals surface area contributed by atoms with Gasteiger partial charge in [-0.05, 0) is 48.2 Å². The van der Waals surface area contributed by atoms with Gasteiger partial charge in [0.05, 0.1) is 23.7 Å². The summed E-state index contributed by atoms with van der Waals surface area (Å²) in [6.45, 7) is 4.93. The Morgan fingerprint density at radius 3 is 2.85 bits per heavy atom. The van der Waals surface area contributed by atoms with Crippen molar-refractivity contribution in [1.82, 2.24) is 9.88 Å². The van der Waals surface area contributed by atoms with Crippen LogP contribution in [0.25, 0.3) is 0 Å². The second kappa shape index (κ2) is 4.70. The third kappa shape index (κ3) is 2.20. The Labute approximate surface area is 126 Å². The molecule has 1 spiro atoms. The number of anilines is 1. The fourth-order valence-electron chi connectivity index (χ4n) is 2.78. The van der Waals surface area contributed by atoms with Gasteiger partial charge in [0.25, 0.3) is 0 Å². The summed E-state index contributed by atoms with van der Waals surface area (Å²) < 4.78 is 0.912. The van der Waals surface area contributed by atoms with Gasteiger partial charge in [0.15, 0.2) is 0 Å². The number of aromatic nitrogens is 1. The fraction of sp³-hybridized carbons (Fsp3) is 0.571. The van der Waals surface area contributed by atoms with Crippen molar-refractivity contribution >= 4 is 27.6 Å². The third-order valence-electron chi connectivity index (χ3n) is 4.47. The minimum atomic E-state index is -0.378. The molecule has 2 N–H and O–H groups in total. The number of amides is 2. The smallest absolute Gasteiger partial charge is 0.322 e. The molecular formula is C14H18BrN3O2. The molecule has 1 aliphatic heterocycles. The molecule has 2 amide bonds. The number of nitrogens with one attached hydrogen (secondary N) is 1. The van der Waals surface area contributed by atoms with Crippen LogP contribution in [-0.2, 0) is 0 Å². The van der Waals surface area contributed by atoms with Crippen LogP contribution in [0.2, 0.25) is 0 Å². The molecule has 3 rings (SSSR count). The highest BCUT2D eigenvalue weighted by Crippen LogP contribution is 2.52. The van der Waals surface area contributed by atoms with Gasteiger partial charge in [-0.25, -0.2) is 4.79 Å². The summed E-state index contributed by atoms with van der Waals surface area (Å²) in [5.41, 5.74) is 2.55. The first-order valence-electron chi connectivity index (χ1n) is 6.79. The van der Waals surface area contributed by atoms with Gasteiger partial charge in [0, 0.05) is 23.0 Å². The molecule has 1 unspecified atom stereocenters. The number of pyridine rings is 1. The van der Waals surface area contributed by atoms with Crippen molar-refractivity contribution in [3.63, 3.8) is 0 Å². The molecule has 108 valence electrons. The number of carbonyl (C=O) groups excluding carboxylic acids is 1. The van der Waals surface area contributed by atoms with Crippen LogP contribution in [0, 0.1) is 19.3 Å². The summed E-state index contributed by atoms with van der Waals surface area (Å²) in [5, 5.41) is 12.9. The molecule has 1 atom stereocenters. The van der Waals surface area contributed by atoms with Crippen LogP contribution in [0.3, 0.4) is 0 Å². The summed E-state index contributed by atoms with van der Waals surface area (Å²) in [6, 6.07) is -0.159. The number of aliphatic hydroxyl groups excluding tert-OH is 1.